The molecule has 0 aromatic heterocycles. The van der Waals surface area contributed by atoms with Gasteiger partial charge in [0.2, 0.25) is 15.9 Å². The topological polar surface area (TPSA) is 66.5 Å². The Morgan fingerprint density at radius 3 is 2.33 bits per heavy atom. The van der Waals surface area contributed by atoms with Crippen molar-refractivity contribution in [2.24, 2.45) is 0 Å². The van der Waals surface area contributed by atoms with E-state index in [9.17, 15) is 17.6 Å². The van der Waals surface area contributed by atoms with Gasteiger partial charge in [-0.15, -0.1) is 0 Å². The molecule has 0 heterocycles. The highest BCUT2D eigenvalue weighted by Gasteiger charge is 2.21. The Hall–Kier alpha value is -2.41. The third-order valence-corrected chi connectivity index (χ3v) is 5.41. The van der Waals surface area contributed by atoms with Gasteiger partial charge in [-0.1, -0.05) is 49.4 Å². The molecule has 2 aromatic rings. The van der Waals surface area contributed by atoms with Crippen LogP contribution < -0.4 is 9.62 Å². The minimum Gasteiger partial charge on any atom is -0.349 e. The molecule has 5 nitrogen and oxygen atoms in total. The number of sulfonamides is 1. The first-order chi connectivity index (χ1) is 12.8. The second kappa shape index (κ2) is 9.50. The fourth-order valence-electron chi connectivity index (χ4n) is 2.88. The van der Waals surface area contributed by atoms with Crippen molar-refractivity contribution < 1.29 is 17.6 Å². The zero-order valence-electron chi connectivity index (χ0n) is 15.6. The first-order valence-corrected chi connectivity index (χ1v) is 10.7. The van der Waals surface area contributed by atoms with E-state index >= 15 is 0 Å². The van der Waals surface area contributed by atoms with E-state index in [0.717, 1.165) is 22.5 Å². The largest absolute Gasteiger partial charge is 0.349 e. The summed E-state index contributed by atoms with van der Waals surface area (Å²) in [6, 6.07) is 15.3. The molecule has 0 fully saturated rings. The van der Waals surface area contributed by atoms with E-state index in [1.165, 1.54) is 18.2 Å². The summed E-state index contributed by atoms with van der Waals surface area (Å²) < 4.78 is 39.0. The predicted octanol–water partition coefficient (Wildman–Crippen LogP) is 3.64. The monoisotopic (exact) mass is 392 g/mol. The summed E-state index contributed by atoms with van der Waals surface area (Å²) in [5.41, 5.74) is 1.02. The number of anilines is 1. The van der Waals surface area contributed by atoms with E-state index in [1.807, 2.05) is 37.3 Å². The lowest BCUT2D eigenvalue weighted by Crippen LogP contribution is -2.33. The van der Waals surface area contributed by atoms with Gasteiger partial charge in [-0.3, -0.25) is 9.10 Å². The summed E-state index contributed by atoms with van der Waals surface area (Å²) in [4.78, 5) is 12.3. The number of carbonyl (C=O) groups excluding carboxylic acids is 1. The Balaban J connectivity index is 1.96. The van der Waals surface area contributed by atoms with Gasteiger partial charge in [-0.2, -0.15) is 0 Å². The Morgan fingerprint density at radius 1 is 1.11 bits per heavy atom. The standard InChI is InChI=1S/C20H25FN2O3S/c1-3-18(16-10-5-4-6-11-16)22-20(24)14-9-15-23(27(2,25)26)19-13-8-7-12-17(19)21/h4-8,10-13,18H,3,9,14-15H2,1-2H3,(H,22,24)/t18-/m1/s1. The summed E-state index contributed by atoms with van der Waals surface area (Å²) in [6.07, 6.45) is 2.23. The molecule has 7 heteroatoms. The molecule has 0 aliphatic heterocycles. The van der Waals surface area contributed by atoms with Crippen molar-refractivity contribution >= 4 is 21.6 Å². The number of benzene rings is 2. The highest BCUT2D eigenvalue weighted by Crippen LogP contribution is 2.22. The predicted molar refractivity (Wildman–Crippen MR) is 105 cm³/mol. The maximum atomic E-state index is 14.0. The number of rotatable bonds is 9. The average molecular weight is 392 g/mol. The number of amides is 1. The molecule has 0 radical (unpaired) electrons. The van der Waals surface area contributed by atoms with Crippen LogP contribution in [0.5, 0.6) is 0 Å². The number of hydrogen-bond donors (Lipinski definition) is 1. The Labute approximate surface area is 160 Å². The molecule has 0 bridgehead atoms. The van der Waals surface area contributed by atoms with Crippen LogP contribution in [0.3, 0.4) is 0 Å². The SMILES string of the molecule is CC[C@@H](NC(=O)CCCN(c1ccccc1F)S(C)(=O)=O)c1ccccc1. The van der Waals surface area contributed by atoms with E-state index in [-0.39, 0.29) is 30.6 Å². The maximum absolute atomic E-state index is 14.0. The molecule has 0 spiro atoms. The summed E-state index contributed by atoms with van der Waals surface area (Å²) in [5, 5.41) is 2.97. The van der Waals surface area contributed by atoms with E-state index in [4.69, 9.17) is 0 Å². The molecule has 0 aliphatic rings. The lowest BCUT2D eigenvalue weighted by atomic mass is 10.0. The molecule has 0 aliphatic carbocycles. The molecular formula is C20H25FN2O3S. The molecule has 0 unspecified atom stereocenters. The summed E-state index contributed by atoms with van der Waals surface area (Å²) in [6.45, 7) is 2.02. The van der Waals surface area contributed by atoms with Gasteiger partial charge in [0.25, 0.3) is 0 Å². The van der Waals surface area contributed by atoms with Crippen LogP contribution in [-0.4, -0.2) is 27.1 Å². The van der Waals surface area contributed by atoms with Gasteiger partial charge in [0.05, 0.1) is 18.0 Å². The second-order valence-corrected chi connectivity index (χ2v) is 8.24. The molecule has 1 atom stereocenters. The molecule has 1 amide bonds. The Kier molecular flexibility index (Phi) is 7.36. The quantitative estimate of drug-likeness (QED) is 0.708. The van der Waals surface area contributed by atoms with Gasteiger partial charge in [0.1, 0.15) is 5.82 Å². The van der Waals surface area contributed by atoms with Crippen LogP contribution in [0.2, 0.25) is 0 Å². The van der Waals surface area contributed by atoms with Gasteiger partial charge in [-0.25, -0.2) is 12.8 Å². The first-order valence-electron chi connectivity index (χ1n) is 8.89. The van der Waals surface area contributed by atoms with E-state index in [2.05, 4.69) is 5.32 Å². The van der Waals surface area contributed by atoms with Gasteiger partial charge >= 0.3 is 0 Å². The fourth-order valence-corrected chi connectivity index (χ4v) is 3.84. The van der Waals surface area contributed by atoms with Crippen molar-refractivity contribution in [3.8, 4) is 0 Å². The Bertz CT molecular complexity index is 857. The third kappa shape index (κ3) is 6.06. The van der Waals surface area contributed by atoms with Crippen molar-refractivity contribution in [3.63, 3.8) is 0 Å². The number of nitrogens with one attached hydrogen (secondary N) is 1. The maximum Gasteiger partial charge on any atom is 0.232 e. The van der Waals surface area contributed by atoms with Crippen molar-refractivity contribution in [1.29, 1.82) is 0 Å². The number of carbonyl (C=O) groups is 1. The second-order valence-electron chi connectivity index (χ2n) is 6.33. The average Bonchev–Trinajstić information content (AvgIpc) is 2.64. The van der Waals surface area contributed by atoms with Crippen LogP contribution in [0.1, 0.15) is 37.8 Å². The van der Waals surface area contributed by atoms with Crippen molar-refractivity contribution in [2.75, 3.05) is 17.1 Å². The molecule has 2 aromatic carbocycles. The molecule has 27 heavy (non-hydrogen) atoms. The van der Waals surface area contributed by atoms with Crippen molar-refractivity contribution in [2.45, 2.75) is 32.2 Å². The van der Waals surface area contributed by atoms with Gasteiger partial charge in [-0.05, 0) is 30.5 Å². The zero-order chi connectivity index (χ0) is 19.9. The summed E-state index contributed by atoms with van der Waals surface area (Å²) >= 11 is 0. The first kappa shape index (κ1) is 20.9. The lowest BCUT2D eigenvalue weighted by molar-refractivity contribution is -0.121. The normalized spacial score (nSPS) is 12.4. The van der Waals surface area contributed by atoms with Crippen LogP contribution >= 0.6 is 0 Å². The van der Waals surface area contributed by atoms with E-state index < -0.39 is 15.8 Å². The zero-order valence-corrected chi connectivity index (χ0v) is 16.4. The smallest absolute Gasteiger partial charge is 0.232 e. The number of nitrogens with zero attached hydrogens (tertiary/aromatic N) is 1. The van der Waals surface area contributed by atoms with Crippen LogP contribution in [0.25, 0.3) is 0 Å². The van der Waals surface area contributed by atoms with Crippen LogP contribution in [0, 0.1) is 5.82 Å². The van der Waals surface area contributed by atoms with E-state index in [1.54, 1.807) is 6.07 Å². The Morgan fingerprint density at radius 2 is 1.74 bits per heavy atom. The fraction of sp³-hybridized carbons (Fsp3) is 0.350. The van der Waals surface area contributed by atoms with Crippen molar-refractivity contribution in [1.82, 2.24) is 5.32 Å². The van der Waals surface area contributed by atoms with Crippen LogP contribution in [0.15, 0.2) is 54.6 Å². The third-order valence-electron chi connectivity index (χ3n) is 4.23. The van der Waals surface area contributed by atoms with Gasteiger partial charge in [0.15, 0.2) is 0 Å². The highest BCUT2D eigenvalue weighted by molar-refractivity contribution is 7.92. The molecule has 0 saturated carbocycles. The van der Waals surface area contributed by atoms with Gasteiger partial charge < -0.3 is 5.32 Å². The molecular weight excluding hydrogens is 367 g/mol. The molecule has 0 saturated heterocycles. The van der Waals surface area contributed by atoms with Gasteiger partial charge in [0, 0.05) is 13.0 Å². The number of para-hydroxylation sites is 1. The summed E-state index contributed by atoms with van der Waals surface area (Å²) in [5.74, 6) is -0.768. The highest BCUT2D eigenvalue weighted by atomic mass is 32.2. The number of halogens is 1. The van der Waals surface area contributed by atoms with Crippen LogP contribution in [0.4, 0.5) is 10.1 Å². The minimum atomic E-state index is -3.65. The minimum absolute atomic E-state index is 0.00358. The summed E-state index contributed by atoms with van der Waals surface area (Å²) in [7, 11) is -3.65. The van der Waals surface area contributed by atoms with E-state index in [0.29, 0.717) is 6.42 Å². The van der Waals surface area contributed by atoms with Crippen molar-refractivity contribution in [3.05, 3.63) is 66.0 Å². The molecule has 2 rings (SSSR count). The molecule has 1 N–H and O–H groups in total. The molecule has 146 valence electrons. The lowest BCUT2D eigenvalue weighted by Gasteiger charge is -2.23. The number of hydrogen-bond acceptors (Lipinski definition) is 3. The van der Waals surface area contributed by atoms with Crippen LogP contribution in [-0.2, 0) is 14.8 Å².